The lowest BCUT2D eigenvalue weighted by Crippen LogP contribution is -2.46. The average molecular weight is 272 g/mol. The summed E-state index contributed by atoms with van der Waals surface area (Å²) in [6.45, 7) is 4.84. The molecular weight excluding hydrogens is 252 g/mol. The molecule has 0 atom stereocenters. The zero-order valence-electron chi connectivity index (χ0n) is 11.9. The lowest BCUT2D eigenvalue weighted by atomic mass is 10.0. The van der Waals surface area contributed by atoms with Gasteiger partial charge in [-0.15, -0.1) is 5.10 Å². The van der Waals surface area contributed by atoms with E-state index < -0.39 is 0 Å². The smallest absolute Gasteiger partial charge is 0.238 e. The fraction of sp³-hybridized carbons (Fsp3) is 0.400. The first-order valence-corrected chi connectivity index (χ1v) is 6.87. The third-order valence-corrected chi connectivity index (χ3v) is 3.72. The molecule has 1 saturated heterocycles. The molecule has 2 aromatic rings. The molecule has 1 aliphatic rings. The van der Waals surface area contributed by atoms with Gasteiger partial charge in [0.05, 0.1) is 17.9 Å². The molecule has 5 nitrogen and oxygen atoms in total. The van der Waals surface area contributed by atoms with E-state index in [0.717, 1.165) is 24.3 Å². The Morgan fingerprint density at radius 2 is 2.00 bits per heavy atom. The fourth-order valence-electron chi connectivity index (χ4n) is 2.52. The van der Waals surface area contributed by atoms with Crippen molar-refractivity contribution in [2.75, 3.05) is 32.5 Å². The number of hydrogen-bond acceptors (Lipinski definition) is 4. The summed E-state index contributed by atoms with van der Waals surface area (Å²) >= 11 is 0. The minimum atomic E-state index is 0.600. The molecule has 0 saturated carbocycles. The van der Waals surface area contributed by atoms with E-state index in [2.05, 4.69) is 17.0 Å². The maximum absolute atomic E-state index is 6.12. The van der Waals surface area contributed by atoms with Crippen LogP contribution in [0.2, 0.25) is 0 Å². The molecule has 0 amide bonds. The highest BCUT2D eigenvalue weighted by Crippen LogP contribution is 2.26. The van der Waals surface area contributed by atoms with Gasteiger partial charge in [-0.1, -0.05) is 18.2 Å². The largest absolute Gasteiger partial charge is 0.476 e. The summed E-state index contributed by atoms with van der Waals surface area (Å²) in [5.74, 6) is 1.88. The Morgan fingerprint density at radius 1 is 1.30 bits per heavy atom. The van der Waals surface area contributed by atoms with Gasteiger partial charge in [0.15, 0.2) is 0 Å². The van der Waals surface area contributed by atoms with Gasteiger partial charge in [-0.25, -0.2) is 4.68 Å². The van der Waals surface area contributed by atoms with Crippen molar-refractivity contribution >= 4 is 5.82 Å². The van der Waals surface area contributed by atoms with Crippen molar-refractivity contribution in [2.24, 2.45) is 5.92 Å². The summed E-state index contributed by atoms with van der Waals surface area (Å²) in [6.07, 6.45) is 0. The third-order valence-electron chi connectivity index (χ3n) is 3.72. The van der Waals surface area contributed by atoms with Crippen molar-refractivity contribution in [1.82, 2.24) is 14.7 Å². The van der Waals surface area contributed by atoms with Gasteiger partial charge >= 0.3 is 0 Å². The summed E-state index contributed by atoms with van der Waals surface area (Å²) in [5, 5.41) is 4.48. The predicted octanol–water partition coefficient (Wildman–Crippen LogP) is 1.70. The zero-order chi connectivity index (χ0) is 14.1. The van der Waals surface area contributed by atoms with Gasteiger partial charge in [0, 0.05) is 19.0 Å². The van der Waals surface area contributed by atoms with E-state index in [-0.39, 0.29) is 0 Å². The van der Waals surface area contributed by atoms with Gasteiger partial charge in [-0.2, -0.15) is 0 Å². The number of likely N-dealkylation sites (tertiary alicyclic amines) is 1. The number of aromatic nitrogens is 2. The Hall–Kier alpha value is -2.01. The highest BCUT2D eigenvalue weighted by atomic mass is 16.5. The summed E-state index contributed by atoms with van der Waals surface area (Å²) < 4.78 is 7.57. The Labute approximate surface area is 118 Å². The van der Waals surface area contributed by atoms with E-state index in [1.807, 2.05) is 37.3 Å². The summed E-state index contributed by atoms with van der Waals surface area (Å²) in [4.78, 5) is 2.28. The van der Waals surface area contributed by atoms with E-state index in [1.165, 1.54) is 0 Å². The van der Waals surface area contributed by atoms with Gasteiger partial charge < -0.3 is 15.4 Å². The Balaban J connectivity index is 1.76. The van der Waals surface area contributed by atoms with Crippen LogP contribution in [0.15, 0.2) is 30.3 Å². The number of ether oxygens (including phenoxy) is 1. The van der Waals surface area contributed by atoms with Crippen molar-refractivity contribution < 1.29 is 4.74 Å². The molecule has 2 N–H and O–H groups in total. The topological polar surface area (TPSA) is 56.3 Å². The summed E-state index contributed by atoms with van der Waals surface area (Å²) in [7, 11) is 2.11. The van der Waals surface area contributed by atoms with Crippen molar-refractivity contribution in [3.8, 4) is 11.6 Å². The van der Waals surface area contributed by atoms with E-state index in [4.69, 9.17) is 10.5 Å². The minimum Gasteiger partial charge on any atom is -0.476 e. The molecule has 1 aliphatic heterocycles. The van der Waals surface area contributed by atoms with Gasteiger partial charge in [0.1, 0.15) is 5.82 Å². The second-order valence-electron chi connectivity index (χ2n) is 5.46. The number of rotatable bonds is 4. The van der Waals surface area contributed by atoms with E-state index in [9.17, 15) is 0 Å². The number of anilines is 1. The first-order valence-electron chi connectivity index (χ1n) is 6.87. The molecule has 0 unspecified atom stereocenters. The van der Waals surface area contributed by atoms with Crippen molar-refractivity contribution in [2.45, 2.75) is 6.92 Å². The highest BCUT2D eigenvalue weighted by molar-refractivity contribution is 5.51. The SMILES string of the molecule is Cc1c(OCC2CN(C)C2)nn(-c2ccccc2)c1N. The van der Waals surface area contributed by atoms with Gasteiger partial charge in [-0.3, -0.25) is 0 Å². The summed E-state index contributed by atoms with van der Waals surface area (Å²) in [5.41, 5.74) is 7.98. The molecule has 0 spiro atoms. The molecule has 2 heterocycles. The van der Waals surface area contributed by atoms with Crippen LogP contribution in [0.3, 0.4) is 0 Å². The molecule has 20 heavy (non-hydrogen) atoms. The second-order valence-corrected chi connectivity index (χ2v) is 5.46. The Morgan fingerprint density at radius 3 is 2.65 bits per heavy atom. The van der Waals surface area contributed by atoms with Crippen LogP contribution in [0.25, 0.3) is 5.69 Å². The number of para-hydroxylation sites is 1. The maximum atomic E-state index is 6.12. The van der Waals surface area contributed by atoms with Crippen LogP contribution in [0.4, 0.5) is 5.82 Å². The third kappa shape index (κ3) is 2.36. The number of benzene rings is 1. The molecule has 1 aromatic carbocycles. The second kappa shape index (κ2) is 5.17. The molecule has 0 radical (unpaired) electrons. The quantitative estimate of drug-likeness (QED) is 0.920. The average Bonchev–Trinajstić information content (AvgIpc) is 2.71. The van der Waals surface area contributed by atoms with Crippen LogP contribution < -0.4 is 10.5 Å². The molecule has 3 rings (SSSR count). The Kier molecular flexibility index (Phi) is 3.36. The minimum absolute atomic E-state index is 0.600. The zero-order valence-corrected chi connectivity index (χ0v) is 11.9. The fourth-order valence-corrected chi connectivity index (χ4v) is 2.52. The molecular formula is C15H20N4O. The van der Waals surface area contributed by atoms with Crippen LogP contribution in [-0.4, -0.2) is 41.4 Å². The first-order chi connectivity index (χ1) is 9.65. The van der Waals surface area contributed by atoms with Crippen LogP contribution in [0.5, 0.6) is 5.88 Å². The van der Waals surface area contributed by atoms with Gasteiger partial charge in [0.2, 0.25) is 5.88 Å². The molecule has 106 valence electrons. The van der Waals surface area contributed by atoms with Crippen LogP contribution in [-0.2, 0) is 0 Å². The maximum Gasteiger partial charge on any atom is 0.238 e. The van der Waals surface area contributed by atoms with E-state index >= 15 is 0 Å². The van der Waals surface area contributed by atoms with E-state index in [1.54, 1.807) is 4.68 Å². The van der Waals surface area contributed by atoms with Crippen molar-refractivity contribution in [1.29, 1.82) is 0 Å². The number of nitrogens with two attached hydrogens (primary N) is 1. The molecule has 1 aromatic heterocycles. The normalized spacial score (nSPS) is 16.1. The van der Waals surface area contributed by atoms with Crippen LogP contribution in [0.1, 0.15) is 5.56 Å². The predicted molar refractivity (Wildman–Crippen MR) is 79.2 cm³/mol. The standard InChI is InChI=1S/C15H20N4O/c1-11-14(16)19(13-6-4-3-5-7-13)17-15(11)20-10-12-8-18(2)9-12/h3-7,12H,8-10,16H2,1-2H3. The van der Waals surface area contributed by atoms with Gasteiger partial charge in [-0.05, 0) is 26.1 Å². The molecule has 1 fully saturated rings. The van der Waals surface area contributed by atoms with E-state index in [0.29, 0.717) is 24.2 Å². The lowest BCUT2D eigenvalue weighted by Gasteiger charge is -2.35. The number of hydrogen-bond donors (Lipinski definition) is 1. The van der Waals surface area contributed by atoms with Crippen molar-refractivity contribution in [3.05, 3.63) is 35.9 Å². The number of nitrogen functional groups attached to an aromatic ring is 1. The summed E-state index contributed by atoms with van der Waals surface area (Å²) in [6, 6.07) is 9.87. The monoisotopic (exact) mass is 272 g/mol. The van der Waals surface area contributed by atoms with Crippen LogP contribution in [0, 0.1) is 12.8 Å². The highest BCUT2D eigenvalue weighted by Gasteiger charge is 2.24. The molecule has 5 heteroatoms. The molecule has 0 aliphatic carbocycles. The Bertz CT molecular complexity index is 587. The molecule has 0 bridgehead atoms. The lowest BCUT2D eigenvalue weighted by molar-refractivity contribution is 0.0834. The first kappa shape index (κ1) is 13.0. The van der Waals surface area contributed by atoms with Crippen LogP contribution >= 0.6 is 0 Å². The number of nitrogens with zero attached hydrogens (tertiary/aromatic N) is 3. The van der Waals surface area contributed by atoms with Crippen molar-refractivity contribution in [3.63, 3.8) is 0 Å². The van der Waals surface area contributed by atoms with Gasteiger partial charge in [0.25, 0.3) is 0 Å².